The molecule has 6 N–H and O–H groups in total. The first-order valence-corrected chi connectivity index (χ1v) is 8.05. The van der Waals surface area contributed by atoms with E-state index in [2.05, 4.69) is 0 Å². The van der Waals surface area contributed by atoms with Crippen LogP contribution in [0.5, 0.6) is 5.75 Å². The number of hydrogen-bond donors (Lipinski definition) is 5. The summed E-state index contributed by atoms with van der Waals surface area (Å²) < 4.78 is 11.1. The van der Waals surface area contributed by atoms with Gasteiger partial charge in [0.15, 0.2) is 0 Å². The van der Waals surface area contributed by atoms with Crippen molar-refractivity contribution in [3.05, 3.63) is 23.8 Å². The average molecular weight is 371 g/mol. The minimum Gasteiger partial charge on any atom is -0.483 e. The van der Waals surface area contributed by atoms with Gasteiger partial charge in [-0.25, -0.2) is 4.79 Å². The van der Waals surface area contributed by atoms with E-state index in [4.69, 9.17) is 30.3 Å². The Kier molecular flexibility index (Phi) is 8.12. The van der Waals surface area contributed by atoms with Crippen molar-refractivity contribution in [2.45, 2.75) is 65.3 Å². The summed E-state index contributed by atoms with van der Waals surface area (Å²) in [5, 5.41) is 31.6. The zero-order valence-corrected chi connectivity index (χ0v) is 16.4. The smallest absolute Gasteiger partial charge is 0.483 e. The Bertz CT molecular complexity index is 601. The van der Waals surface area contributed by atoms with E-state index < -0.39 is 30.1 Å². The first-order chi connectivity index (χ1) is 11.5. The summed E-state index contributed by atoms with van der Waals surface area (Å²) in [4.78, 5) is 12.0. The predicted molar refractivity (Wildman–Crippen MR) is 99.4 cm³/mol. The van der Waals surface area contributed by atoms with Crippen molar-refractivity contribution in [3.63, 3.8) is 0 Å². The molecule has 0 bridgehead atoms. The van der Waals surface area contributed by atoms with E-state index in [0.29, 0.717) is 17.0 Å². The van der Waals surface area contributed by atoms with E-state index >= 15 is 0 Å². The number of nitrogens with two attached hydrogens (primary N) is 1. The van der Waals surface area contributed by atoms with E-state index in [-0.39, 0.29) is 0 Å². The summed E-state index contributed by atoms with van der Waals surface area (Å²) in [7, 11) is -2.17. The van der Waals surface area contributed by atoms with E-state index in [0.717, 1.165) is 0 Å². The topological polar surface area (TPSA) is 142 Å². The summed E-state index contributed by atoms with van der Waals surface area (Å²) in [5.74, 6) is -0.0214. The molecule has 0 aliphatic rings. The molecule has 0 radical (unpaired) electrons. The molecule has 0 amide bonds. The summed E-state index contributed by atoms with van der Waals surface area (Å²) in [6.45, 7) is 12.3. The second-order valence-electron chi connectivity index (χ2n) is 7.77. The molecule has 0 spiro atoms. The Labute approximate surface area is 154 Å². The lowest BCUT2D eigenvalue weighted by molar-refractivity contribution is -0.0903. The molecule has 0 heterocycles. The second kappa shape index (κ2) is 8.72. The Morgan fingerprint density at radius 2 is 1.50 bits per heavy atom. The van der Waals surface area contributed by atoms with Gasteiger partial charge in [0.1, 0.15) is 17.0 Å². The maximum atomic E-state index is 12.0. The molecular weight excluding hydrogens is 341 g/mol. The van der Waals surface area contributed by atoms with Crippen LogP contribution in [0.2, 0.25) is 0 Å². The first kappa shape index (κ1) is 24.2. The molecule has 0 saturated carbocycles. The number of esters is 1. The summed E-state index contributed by atoms with van der Waals surface area (Å²) in [6, 6.07) is 4.73. The van der Waals surface area contributed by atoms with Crippen molar-refractivity contribution < 1.29 is 34.4 Å². The zero-order valence-electron chi connectivity index (χ0n) is 16.4. The highest BCUT2D eigenvalue weighted by molar-refractivity contribution is 6.30. The molecule has 0 aromatic heterocycles. The largest absolute Gasteiger partial charge is 0.631 e. The highest BCUT2D eigenvalue weighted by atomic mass is 16.6. The Morgan fingerprint density at radius 1 is 1.04 bits per heavy atom. The molecule has 0 aliphatic carbocycles. The summed E-state index contributed by atoms with van der Waals surface area (Å²) in [5.41, 5.74) is 4.18. The molecule has 0 fully saturated rings. The van der Waals surface area contributed by atoms with E-state index in [1.54, 1.807) is 60.6 Å². The van der Waals surface area contributed by atoms with Gasteiger partial charge in [0.25, 0.3) is 0 Å². The molecule has 1 aromatic rings. The van der Waals surface area contributed by atoms with Crippen molar-refractivity contribution in [2.24, 2.45) is 0 Å². The summed E-state index contributed by atoms with van der Waals surface area (Å²) >= 11 is 0. The van der Waals surface area contributed by atoms with E-state index in [9.17, 15) is 9.90 Å². The zero-order chi connectivity index (χ0) is 20.9. The van der Waals surface area contributed by atoms with Crippen LogP contribution in [-0.4, -0.2) is 50.3 Å². The lowest BCUT2D eigenvalue weighted by atomic mass is 9.89. The monoisotopic (exact) mass is 371 g/mol. The Morgan fingerprint density at radius 3 is 1.85 bits per heavy atom. The van der Waals surface area contributed by atoms with Gasteiger partial charge in [-0.15, -0.1) is 0 Å². The van der Waals surface area contributed by atoms with Crippen LogP contribution in [0.4, 0.5) is 5.69 Å². The highest BCUT2D eigenvalue weighted by Gasteiger charge is 2.37. The number of benzene rings is 1. The second-order valence-corrected chi connectivity index (χ2v) is 7.77. The first-order valence-electron chi connectivity index (χ1n) is 8.05. The number of ether oxygens (including phenoxy) is 2. The van der Waals surface area contributed by atoms with Crippen molar-refractivity contribution >= 4 is 19.0 Å². The number of rotatable bonds is 4. The van der Waals surface area contributed by atoms with Gasteiger partial charge in [-0.05, 0) is 66.7 Å². The van der Waals surface area contributed by atoms with Gasteiger partial charge in [-0.3, -0.25) is 0 Å². The predicted octanol–water partition coefficient (Wildman–Crippen LogP) is 1.10. The van der Waals surface area contributed by atoms with Crippen LogP contribution in [0.15, 0.2) is 18.2 Å². The summed E-state index contributed by atoms with van der Waals surface area (Å²) in [6.07, 6.45) is 0. The Balaban J connectivity index is 0.00000141. The van der Waals surface area contributed by atoms with Gasteiger partial charge in [0.05, 0.1) is 16.9 Å². The number of carbonyl (C=O) groups is 1. The normalized spacial score (nSPS) is 12.0. The van der Waals surface area contributed by atoms with Gasteiger partial charge >= 0.3 is 13.3 Å². The van der Waals surface area contributed by atoms with Crippen LogP contribution in [0.25, 0.3) is 0 Å². The van der Waals surface area contributed by atoms with Gasteiger partial charge in [-0.1, -0.05) is 0 Å². The van der Waals surface area contributed by atoms with Gasteiger partial charge in [0.2, 0.25) is 0 Å². The molecule has 0 atom stereocenters. The number of carbonyl (C=O) groups excluding carboxylic acids is 1. The maximum absolute atomic E-state index is 12.0. The third-order valence-electron chi connectivity index (χ3n) is 3.48. The molecule has 26 heavy (non-hydrogen) atoms. The fourth-order valence-electron chi connectivity index (χ4n) is 1.51. The number of nitrogen functional groups attached to an aromatic ring is 1. The fourth-order valence-corrected chi connectivity index (χ4v) is 1.51. The average Bonchev–Trinajstić information content (AvgIpc) is 2.36. The molecule has 0 unspecified atom stereocenters. The molecule has 0 saturated heterocycles. The number of hydrogen-bond acceptors (Lipinski definition) is 8. The third kappa shape index (κ3) is 8.53. The van der Waals surface area contributed by atoms with Crippen molar-refractivity contribution in [1.82, 2.24) is 0 Å². The maximum Gasteiger partial charge on any atom is 0.631 e. The molecule has 1 rings (SSSR count). The molecule has 1 aromatic carbocycles. The molecule has 8 nitrogen and oxygen atoms in total. The Hall–Kier alpha value is -1.81. The lowest BCUT2D eigenvalue weighted by Crippen LogP contribution is -2.49. The van der Waals surface area contributed by atoms with Crippen LogP contribution in [-0.2, 0) is 4.74 Å². The number of aliphatic hydroxyl groups is 1. The third-order valence-corrected chi connectivity index (χ3v) is 3.48. The van der Waals surface area contributed by atoms with Crippen LogP contribution in [0.3, 0.4) is 0 Å². The van der Waals surface area contributed by atoms with E-state index in [1.807, 2.05) is 0 Å². The minimum atomic E-state index is -2.17. The number of anilines is 1. The highest BCUT2D eigenvalue weighted by Crippen LogP contribution is 2.32. The molecule has 148 valence electrons. The van der Waals surface area contributed by atoms with Crippen molar-refractivity contribution in [1.29, 1.82) is 0 Å². The van der Waals surface area contributed by atoms with Crippen LogP contribution in [0, 0.1) is 0 Å². The van der Waals surface area contributed by atoms with E-state index in [1.165, 1.54) is 6.07 Å². The standard InChI is InChI=1S/C17H27NO4.BH3O3/c1-15(2,3)22-14(19)11-8-9-13(12(18)10-11)21-17(6,7)16(4,5)20;2-1(3)4/h8-10,20H,18H2,1-7H3;2-4H. The van der Waals surface area contributed by atoms with Crippen LogP contribution >= 0.6 is 0 Å². The molecule has 0 aliphatic heterocycles. The van der Waals surface area contributed by atoms with Gasteiger partial charge < -0.3 is 35.4 Å². The van der Waals surface area contributed by atoms with Gasteiger partial charge in [0, 0.05) is 0 Å². The SMILES string of the molecule is CC(C)(C)OC(=O)c1ccc(OC(C)(C)C(C)(C)O)c(N)c1.OB(O)O. The molecular formula is C17H30BNO7. The van der Waals surface area contributed by atoms with Crippen LogP contribution in [0.1, 0.15) is 58.8 Å². The fraction of sp³-hybridized carbons (Fsp3) is 0.588. The van der Waals surface area contributed by atoms with Crippen LogP contribution < -0.4 is 10.5 Å². The van der Waals surface area contributed by atoms with Crippen molar-refractivity contribution in [2.75, 3.05) is 5.73 Å². The van der Waals surface area contributed by atoms with Crippen molar-refractivity contribution in [3.8, 4) is 5.75 Å². The lowest BCUT2D eigenvalue weighted by Gasteiger charge is -2.37. The minimum absolute atomic E-state index is 0.320. The van der Waals surface area contributed by atoms with Gasteiger partial charge in [-0.2, -0.15) is 0 Å². The quantitative estimate of drug-likeness (QED) is 0.301. The molecule has 9 heteroatoms.